The van der Waals surface area contributed by atoms with E-state index in [4.69, 9.17) is 4.52 Å². The molecule has 1 atom stereocenters. The Morgan fingerprint density at radius 2 is 2.00 bits per heavy atom. The molecule has 2 aromatic rings. The van der Waals surface area contributed by atoms with Gasteiger partial charge in [0.25, 0.3) is 0 Å². The molecule has 1 aromatic carbocycles. The van der Waals surface area contributed by atoms with Gasteiger partial charge in [0.1, 0.15) is 5.75 Å². The van der Waals surface area contributed by atoms with E-state index in [0.29, 0.717) is 18.9 Å². The Morgan fingerprint density at radius 3 is 2.57 bits per heavy atom. The number of benzene rings is 1. The molecule has 0 radical (unpaired) electrons. The minimum Gasteiger partial charge on any atom is -0.406 e. The van der Waals surface area contributed by atoms with E-state index in [-0.39, 0.29) is 11.8 Å². The van der Waals surface area contributed by atoms with Gasteiger partial charge in [-0.05, 0) is 24.6 Å². The molecule has 0 aliphatic rings. The molecule has 0 saturated carbocycles. The van der Waals surface area contributed by atoms with Crippen molar-refractivity contribution in [3.63, 3.8) is 0 Å². The van der Waals surface area contributed by atoms with Crippen molar-refractivity contribution in [3.05, 3.63) is 42.0 Å². The van der Waals surface area contributed by atoms with E-state index in [1.165, 1.54) is 18.5 Å². The fourth-order valence-corrected chi connectivity index (χ4v) is 1.78. The number of halogens is 3. The molecule has 8 heteroatoms. The summed E-state index contributed by atoms with van der Waals surface area (Å²) in [7, 11) is 0. The summed E-state index contributed by atoms with van der Waals surface area (Å²) in [5.74, 6) is 0.299. The first kappa shape index (κ1) is 15.3. The zero-order valence-electron chi connectivity index (χ0n) is 11.2. The van der Waals surface area contributed by atoms with Crippen LogP contribution in [0.1, 0.15) is 24.4 Å². The number of alkyl halides is 3. The maximum atomic E-state index is 12.0. The Labute approximate surface area is 119 Å². The van der Waals surface area contributed by atoms with Gasteiger partial charge in [-0.3, -0.25) is 0 Å². The molecule has 1 aromatic heterocycles. The van der Waals surface area contributed by atoms with Crippen LogP contribution >= 0.6 is 0 Å². The topological polar surface area (TPSA) is 60.2 Å². The smallest absolute Gasteiger partial charge is 0.406 e. The van der Waals surface area contributed by atoms with Gasteiger partial charge in [-0.25, -0.2) is 0 Å². The largest absolute Gasteiger partial charge is 0.573 e. The highest BCUT2D eigenvalue weighted by molar-refractivity contribution is 5.29. The van der Waals surface area contributed by atoms with E-state index in [2.05, 4.69) is 20.2 Å². The Balaban J connectivity index is 1.83. The number of nitrogens with zero attached hydrogens (tertiary/aromatic N) is 2. The molecule has 114 valence electrons. The third-order valence-corrected chi connectivity index (χ3v) is 2.81. The van der Waals surface area contributed by atoms with Crippen molar-refractivity contribution in [2.24, 2.45) is 0 Å². The zero-order valence-corrected chi connectivity index (χ0v) is 11.2. The number of rotatable bonds is 6. The Kier molecular flexibility index (Phi) is 4.79. The van der Waals surface area contributed by atoms with Crippen LogP contribution in [0.2, 0.25) is 0 Å². The van der Waals surface area contributed by atoms with E-state index < -0.39 is 6.36 Å². The number of aromatic nitrogens is 2. The minimum atomic E-state index is -4.67. The lowest BCUT2D eigenvalue weighted by Crippen LogP contribution is -2.21. The summed E-state index contributed by atoms with van der Waals surface area (Å²) in [5, 5.41) is 6.71. The number of nitrogens with one attached hydrogen (secondary N) is 1. The molecule has 1 N–H and O–H groups in total. The lowest BCUT2D eigenvalue weighted by molar-refractivity contribution is -0.274. The Hall–Kier alpha value is -2.09. The lowest BCUT2D eigenvalue weighted by atomic mass is 10.1. The predicted molar refractivity (Wildman–Crippen MR) is 67.5 cm³/mol. The molecule has 0 saturated heterocycles. The van der Waals surface area contributed by atoms with Crippen LogP contribution in [0.4, 0.5) is 13.2 Å². The molecule has 0 amide bonds. The molecule has 0 aliphatic heterocycles. The summed E-state index contributed by atoms with van der Waals surface area (Å²) >= 11 is 0. The monoisotopic (exact) mass is 301 g/mol. The van der Waals surface area contributed by atoms with Gasteiger partial charge in [-0.1, -0.05) is 17.3 Å². The molecular formula is C13H14F3N3O2. The Morgan fingerprint density at radius 1 is 1.29 bits per heavy atom. The van der Waals surface area contributed by atoms with E-state index in [0.717, 1.165) is 5.56 Å². The van der Waals surface area contributed by atoms with Gasteiger partial charge >= 0.3 is 6.36 Å². The van der Waals surface area contributed by atoms with E-state index >= 15 is 0 Å². The summed E-state index contributed by atoms with van der Waals surface area (Å²) in [6, 6.07) is 5.74. The molecule has 0 spiro atoms. The summed E-state index contributed by atoms with van der Waals surface area (Å²) in [6.45, 7) is 2.53. The van der Waals surface area contributed by atoms with Crippen LogP contribution in [-0.2, 0) is 6.42 Å². The summed E-state index contributed by atoms with van der Waals surface area (Å²) in [4.78, 5) is 3.89. The number of hydrogen-bond donors (Lipinski definition) is 1. The molecule has 5 nitrogen and oxygen atoms in total. The van der Waals surface area contributed by atoms with Gasteiger partial charge in [-0.2, -0.15) is 4.98 Å². The van der Waals surface area contributed by atoms with Gasteiger partial charge in [0, 0.05) is 19.0 Å². The predicted octanol–water partition coefficient (Wildman–Crippen LogP) is 2.86. The minimum absolute atomic E-state index is 0.0205. The third kappa shape index (κ3) is 5.07. The van der Waals surface area contributed by atoms with Crippen LogP contribution in [-0.4, -0.2) is 23.0 Å². The molecule has 1 unspecified atom stereocenters. The molecular weight excluding hydrogens is 287 g/mol. The van der Waals surface area contributed by atoms with Gasteiger partial charge in [-0.15, -0.1) is 13.2 Å². The highest BCUT2D eigenvalue weighted by Gasteiger charge is 2.30. The molecule has 2 rings (SSSR count). The van der Waals surface area contributed by atoms with Gasteiger partial charge < -0.3 is 14.6 Å². The normalized spacial score (nSPS) is 13.1. The molecule has 0 bridgehead atoms. The maximum absolute atomic E-state index is 12.0. The molecule has 0 aliphatic carbocycles. The lowest BCUT2D eigenvalue weighted by Gasteiger charge is -2.14. The number of hydrogen-bond acceptors (Lipinski definition) is 5. The van der Waals surface area contributed by atoms with Crippen molar-refractivity contribution < 1.29 is 22.4 Å². The van der Waals surface area contributed by atoms with E-state index in [1.807, 2.05) is 6.92 Å². The highest BCUT2D eigenvalue weighted by atomic mass is 19.4. The first-order valence-electron chi connectivity index (χ1n) is 6.29. The molecule has 1 heterocycles. The second-order valence-corrected chi connectivity index (χ2v) is 4.38. The third-order valence-electron chi connectivity index (χ3n) is 2.81. The van der Waals surface area contributed by atoms with Crippen molar-refractivity contribution >= 4 is 0 Å². The molecule has 0 fully saturated rings. The van der Waals surface area contributed by atoms with Crippen molar-refractivity contribution in [3.8, 4) is 5.75 Å². The fourth-order valence-electron chi connectivity index (χ4n) is 1.78. The van der Waals surface area contributed by atoms with Crippen LogP contribution in [0.25, 0.3) is 0 Å². The van der Waals surface area contributed by atoms with Gasteiger partial charge in [0.2, 0.25) is 5.89 Å². The van der Waals surface area contributed by atoms with Crippen LogP contribution in [0.15, 0.2) is 35.1 Å². The molecule has 21 heavy (non-hydrogen) atoms. The SMILES string of the molecule is CC(NCCc1ncno1)c1ccc(OC(F)(F)F)cc1. The summed E-state index contributed by atoms with van der Waals surface area (Å²) in [6.07, 6.45) is -2.76. The van der Waals surface area contributed by atoms with E-state index in [1.54, 1.807) is 12.1 Å². The second-order valence-electron chi connectivity index (χ2n) is 4.38. The van der Waals surface area contributed by atoms with Crippen molar-refractivity contribution in [1.82, 2.24) is 15.5 Å². The summed E-state index contributed by atoms with van der Waals surface area (Å²) < 4.78 is 44.8. The van der Waals surface area contributed by atoms with Crippen LogP contribution < -0.4 is 10.1 Å². The highest BCUT2D eigenvalue weighted by Crippen LogP contribution is 2.24. The standard InChI is InChI=1S/C13H14F3N3O2/c1-9(17-7-6-12-18-8-19-21-12)10-2-4-11(5-3-10)20-13(14,15)16/h2-5,8-9,17H,6-7H2,1H3. The maximum Gasteiger partial charge on any atom is 0.573 e. The fraction of sp³-hybridized carbons (Fsp3) is 0.385. The zero-order chi connectivity index (χ0) is 15.3. The average molecular weight is 301 g/mol. The Bertz CT molecular complexity index is 541. The number of ether oxygens (including phenoxy) is 1. The van der Waals surface area contributed by atoms with Crippen LogP contribution in [0.5, 0.6) is 5.75 Å². The van der Waals surface area contributed by atoms with E-state index in [9.17, 15) is 13.2 Å². The second kappa shape index (κ2) is 6.57. The first-order chi connectivity index (χ1) is 9.94. The van der Waals surface area contributed by atoms with Crippen molar-refractivity contribution in [2.75, 3.05) is 6.54 Å². The van der Waals surface area contributed by atoms with Crippen LogP contribution in [0.3, 0.4) is 0 Å². The average Bonchev–Trinajstić information content (AvgIpc) is 2.91. The summed E-state index contributed by atoms with van der Waals surface area (Å²) in [5.41, 5.74) is 0.857. The van der Waals surface area contributed by atoms with Crippen molar-refractivity contribution in [1.29, 1.82) is 0 Å². The quantitative estimate of drug-likeness (QED) is 0.889. The van der Waals surface area contributed by atoms with Gasteiger partial charge in [0.15, 0.2) is 6.33 Å². The van der Waals surface area contributed by atoms with Crippen molar-refractivity contribution in [2.45, 2.75) is 25.7 Å². The first-order valence-corrected chi connectivity index (χ1v) is 6.29. The van der Waals surface area contributed by atoms with Crippen LogP contribution in [0, 0.1) is 0 Å². The van der Waals surface area contributed by atoms with Gasteiger partial charge in [0.05, 0.1) is 0 Å².